The van der Waals surface area contributed by atoms with Crippen LogP contribution in [0, 0.1) is 16.0 Å². The first-order valence-corrected chi connectivity index (χ1v) is 15.1. The number of ether oxygens (including phenoxy) is 1. The standard InChI is InChI=1S/C28H30F3N7O7S/c1-14(2)10-11-36-20-21(34-26(36)46-17-7-4-15(13-32)5-8-17)35(3)27(41)37(23(20)39)24(45-25(40)28(29,30)31)22-33-18-12-16(38(42)43)6-9-19(18)44-22/h6,9-10,12,15,17,24H,4-5,7-8,11,13,32H2,1-3H3. The first kappa shape index (κ1) is 32.9. The third-order valence-corrected chi connectivity index (χ3v) is 9.05. The highest BCUT2D eigenvalue weighted by Gasteiger charge is 2.44. The Bertz CT molecular complexity index is 1970. The Morgan fingerprint density at radius 3 is 2.54 bits per heavy atom. The van der Waals surface area contributed by atoms with Crippen LogP contribution < -0.4 is 17.0 Å². The van der Waals surface area contributed by atoms with Crippen molar-refractivity contribution in [2.75, 3.05) is 6.54 Å². The van der Waals surface area contributed by atoms with Crippen LogP contribution in [0.2, 0.25) is 0 Å². The number of halogens is 3. The van der Waals surface area contributed by atoms with Crippen molar-refractivity contribution in [3.8, 4) is 0 Å². The van der Waals surface area contributed by atoms with Gasteiger partial charge in [0.15, 0.2) is 21.9 Å². The summed E-state index contributed by atoms with van der Waals surface area (Å²) in [5.41, 5.74) is 3.59. The Hall–Kier alpha value is -4.45. The van der Waals surface area contributed by atoms with Crippen molar-refractivity contribution >= 4 is 45.7 Å². The van der Waals surface area contributed by atoms with Gasteiger partial charge in [0, 0.05) is 31.0 Å². The lowest BCUT2D eigenvalue weighted by Gasteiger charge is -2.26. The number of oxazole rings is 1. The number of thioether (sulfide) groups is 1. The predicted molar refractivity (Wildman–Crippen MR) is 160 cm³/mol. The normalized spacial score (nSPS) is 17.7. The molecule has 246 valence electrons. The van der Waals surface area contributed by atoms with Crippen LogP contribution in [-0.2, 0) is 23.1 Å². The molecule has 1 aromatic carbocycles. The highest BCUT2D eigenvalue weighted by atomic mass is 32.2. The molecule has 0 amide bonds. The van der Waals surface area contributed by atoms with Crippen molar-refractivity contribution in [3.63, 3.8) is 0 Å². The van der Waals surface area contributed by atoms with Gasteiger partial charge in [-0.25, -0.2) is 24.1 Å². The van der Waals surface area contributed by atoms with Crippen LogP contribution >= 0.6 is 11.8 Å². The van der Waals surface area contributed by atoms with Crippen LogP contribution in [-0.4, -0.2) is 52.5 Å². The first-order chi connectivity index (χ1) is 21.7. The number of hydrogen-bond acceptors (Lipinski definition) is 11. The van der Waals surface area contributed by atoms with Crippen LogP contribution in [0.1, 0.15) is 51.6 Å². The maximum absolute atomic E-state index is 14.2. The van der Waals surface area contributed by atoms with Gasteiger partial charge in [-0.2, -0.15) is 13.2 Å². The number of esters is 1. The zero-order chi connectivity index (χ0) is 33.5. The molecule has 5 rings (SSSR count). The molecule has 0 spiro atoms. The maximum atomic E-state index is 14.2. The molecular weight excluding hydrogens is 635 g/mol. The monoisotopic (exact) mass is 665 g/mol. The van der Waals surface area contributed by atoms with E-state index in [1.54, 1.807) is 4.57 Å². The van der Waals surface area contributed by atoms with Gasteiger partial charge in [0.1, 0.15) is 5.52 Å². The number of allylic oxidation sites excluding steroid dienone is 2. The van der Waals surface area contributed by atoms with Crippen molar-refractivity contribution in [2.24, 2.45) is 18.7 Å². The zero-order valence-corrected chi connectivity index (χ0v) is 25.8. The number of fused-ring (bicyclic) bond motifs is 2. The summed E-state index contributed by atoms with van der Waals surface area (Å²) in [7, 11) is 1.28. The van der Waals surface area contributed by atoms with E-state index in [9.17, 15) is 37.7 Å². The number of nitro groups is 1. The Labute approximate surface area is 262 Å². The van der Waals surface area contributed by atoms with Gasteiger partial charge in [0.05, 0.1) is 4.92 Å². The summed E-state index contributed by atoms with van der Waals surface area (Å²) >= 11 is 1.43. The van der Waals surface area contributed by atoms with E-state index in [2.05, 4.69) is 14.7 Å². The number of carbonyl (C=O) groups is 1. The smallest absolute Gasteiger partial charge is 0.435 e. The van der Waals surface area contributed by atoms with E-state index in [1.165, 1.54) is 18.8 Å². The second kappa shape index (κ2) is 12.7. The molecule has 18 heteroatoms. The summed E-state index contributed by atoms with van der Waals surface area (Å²) in [5, 5.41) is 11.8. The highest BCUT2D eigenvalue weighted by Crippen LogP contribution is 2.36. The molecule has 0 bridgehead atoms. The summed E-state index contributed by atoms with van der Waals surface area (Å²) in [6.45, 7) is 4.43. The minimum absolute atomic E-state index is 0.0272. The van der Waals surface area contributed by atoms with Crippen LogP contribution in [0.15, 0.2) is 49.0 Å². The molecule has 1 saturated carbocycles. The molecule has 3 aromatic heterocycles. The molecule has 1 atom stereocenters. The minimum Gasteiger partial charge on any atom is -0.435 e. The zero-order valence-electron chi connectivity index (χ0n) is 24.9. The Balaban J connectivity index is 1.71. The van der Waals surface area contributed by atoms with Crippen LogP contribution in [0.25, 0.3) is 22.3 Å². The molecule has 4 aromatic rings. The molecule has 3 heterocycles. The fourth-order valence-corrected chi connectivity index (χ4v) is 6.47. The highest BCUT2D eigenvalue weighted by molar-refractivity contribution is 7.99. The number of nitro benzene ring substituents is 1. The summed E-state index contributed by atoms with van der Waals surface area (Å²) < 4.78 is 53.3. The van der Waals surface area contributed by atoms with E-state index < -0.39 is 46.1 Å². The minimum atomic E-state index is -5.51. The summed E-state index contributed by atoms with van der Waals surface area (Å²) in [4.78, 5) is 59.0. The van der Waals surface area contributed by atoms with Gasteiger partial charge in [-0.05, 0) is 58.1 Å². The van der Waals surface area contributed by atoms with E-state index in [0.717, 1.165) is 54.0 Å². The van der Waals surface area contributed by atoms with E-state index in [-0.39, 0.29) is 34.1 Å². The number of carbonyl (C=O) groups excluding carboxylic acids is 1. The Morgan fingerprint density at radius 2 is 1.93 bits per heavy atom. The van der Waals surface area contributed by atoms with E-state index in [1.807, 2.05) is 19.9 Å². The number of nitrogens with two attached hydrogens (primary N) is 1. The first-order valence-electron chi connectivity index (χ1n) is 14.2. The number of aryl methyl sites for hydroxylation is 1. The largest absolute Gasteiger partial charge is 0.491 e. The number of nitrogens with zero attached hydrogens (tertiary/aromatic N) is 6. The third-order valence-electron chi connectivity index (χ3n) is 7.72. The summed E-state index contributed by atoms with van der Waals surface area (Å²) in [6.07, 6.45) is -2.56. The molecular formula is C28H30F3N7O7S. The van der Waals surface area contributed by atoms with Crippen molar-refractivity contribution in [3.05, 3.63) is 66.7 Å². The molecule has 1 aliphatic carbocycles. The molecule has 46 heavy (non-hydrogen) atoms. The summed E-state index contributed by atoms with van der Waals surface area (Å²) in [5.74, 6) is -3.08. The lowest BCUT2D eigenvalue weighted by molar-refractivity contribution is -0.384. The molecule has 1 fully saturated rings. The maximum Gasteiger partial charge on any atom is 0.491 e. The van der Waals surface area contributed by atoms with Gasteiger partial charge in [-0.1, -0.05) is 23.4 Å². The number of alkyl halides is 3. The molecule has 2 N–H and O–H groups in total. The van der Waals surface area contributed by atoms with Gasteiger partial charge in [0.2, 0.25) is 0 Å². The molecule has 1 aliphatic rings. The van der Waals surface area contributed by atoms with Gasteiger partial charge in [-0.15, -0.1) is 0 Å². The van der Waals surface area contributed by atoms with Crippen molar-refractivity contribution < 1.29 is 32.0 Å². The number of rotatable bonds is 9. The molecule has 14 nitrogen and oxygen atoms in total. The van der Waals surface area contributed by atoms with Gasteiger partial charge in [-0.3, -0.25) is 19.5 Å². The van der Waals surface area contributed by atoms with Gasteiger partial charge < -0.3 is 19.5 Å². The molecule has 0 saturated heterocycles. The average Bonchev–Trinajstić information content (AvgIpc) is 3.59. The lowest BCUT2D eigenvalue weighted by Crippen LogP contribution is -2.44. The van der Waals surface area contributed by atoms with Crippen LogP contribution in [0.3, 0.4) is 0 Å². The second-order valence-corrected chi connectivity index (χ2v) is 12.5. The Morgan fingerprint density at radius 1 is 1.24 bits per heavy atom. The molecule has 0 radical (unpaired) electrons. The summed E-state index contributed by atoms with van der Waals surface area (Å²) in [6, 6.07) is 3.18. The van der Waals surface area contributed by atoms with E-state index >= 15 is 0 Å². The fraction of sp³-hybridized carbons (Fsp3) is 0.464. The SMILES string of the molecule is CC(C)=CCn1c(SC2CCC(CN)CC2)nc2c1c(=O)n(C(OC(=O)C(F)(F)F)c1nc3cc([N+](=O)[O-])ccc3o1)c(=O)n2C. The average molecular weight is 666 g/mol. The van der Waals surface area contributed by atoms with E-state index in [4.69, 9.17) is 10.2 Å². The number of hydrogen-bond donors (Lipinski definition) is 1. The Kier molecular flexibility index (Phi) is 9.12. The number of non-ortho nitro benzene ring substituents is 1. The van der Waals surface area contributed by atoms with Gasteiger partial charge >= 0.3 is 17.8 Å². The number of aromatic nitrogens is 5. The quantitative estimate of drug-likeness (QED) is 0.117. The lowest BCUT2D eigenvalue weighted by atomic mass is 9.89. The van der Waals surface area contributed by atoms with Crippen molar-refractivity contribution in [1.82, 2.24) is 23.7 Å². The van der Waals surface area contributed by atoms with Crippen LogP contribution in [0.4, 0.5) is 18.9 Å². The topological polar surface area (TPSA) is 183 Å². The predicted octanol–water partition coefficient (Wildman–Crippen LogP) is 4.17. The fourth-order valence-electron chi connectivity index (χ4n) is 5.23. The number of benzene rings is 1. The molecule has 0 aliphatic heterocycles. The molecule has 1 unspecified atom stereocenters. The van der Waals surface area contributed by atoms with E-state index in [0.29, 0.717) is 22.2 Å². The van der Waals surface area contributed by atoms with Crippen LogP contribution in [0.5, 0.6) is 0 Å². The van der Waals surface area contributed by atoms with Gasteiger partial charge in [0.25, 0.3) is 23.4 Å². The second-order valence-electron chi connectivity index (χ2n) is 11.2. The van der Waals surface area contributed by atoms with Crippen molar-refractivity contribution in [2.45, 2.75) is 68.9 Å². The third kappa shape index (κ3) is 6.44. The van der Waals surface area contributed by atoms with Crippen molar-refractivity contribution in [1.29, 1.82) is 0 Å². The number of imidazole rings is 1.